The monoisotopic (exact) mass is 618 g/mol. The highest BCUT2D eigenvalue weighted by molar-refractivity contribution is 5.99. The molecule has 234 valence electrons. The number of nitrogens with one attached hydrogen (secondary N) is 1. The Morgan fingerprint density at radius 3 is 2.69 bits per heavy atom. The van der Waals surface area contributed by atoms with Crippen LogP contribution in [0.15, 0.2) is 54.4 Å². The van der Waals surface area contributed by atoms with E-state index in [-0.39, 0.29) is 58.7 Å². The van der Waals surface area contributed by atoms with Crippen LogP contribution in [0, 0.1) is 28.8 Å². The zero-order chi connectivity index (χ0) is 32.5. The van der Waals surface area contributed by atoms with E-state index >= 15 is 4.39 Å². The number of amides is 1. The maximum absolute atomic E-state index is 15.6. The third-order valence-corrected chi connectivity index (χ3v) is 7.40. The average Bonchev–Trinajstić information content (AvgIpc) is 3.38. The molecule has 13 heteroatoms. The summed E-state index contributed by atoms with van der Waals surface area (Å²) in [7, 11) is 0. The number of likely N-dealkylation sites (tertiary alicyclic amines) is 1. The number of hydrogen-bond acceptors (Lipinski definition) is 8. The second-order valence-electron chi connectivity index (χ2n) is 11.8. The van der Waals surface area contributed by atoms with E-state index in [0.717, 1.165) is 12.1 Å². The molecule has 45 heavy (non-hydrogen) atoms. The number of anilines is 1. The number of nitrogens with zero attached hydrogens (tertiary/aromatic N) is 6. The Hall–Kier alpha value is -4.96. The first-order valence-electron chi connectivity index (χ1n) is 14.5. The molecule has 10 nitrogen and oxygen atoms in total. The summed E-state index contributed by atoms with van der Waals surface area (Å²) in [6, 6.07) is 9.15. The number of nitrogens with two attached hydrogens (primary N) is 1. The van der Waals surface area contributed by atoms with E-state index in [4.69, 9.17) is 15.6 Å². The van der Waals surface area contributed by atoms with Gasteiger partial charge in [0, 0.05) is 36.3 Å². The fourth-order valence-electron chi connectivity index (χ4n) is 5.68. The lowest BCUT2D eigenvalue weighted by molar-refractivity contribution is -0.128. The molecule has 1 amide bonds. The average molecular weight is 619 g/mol. The number of nitriles is 1. The summed E-state index contributed by atoms with van der Waals surface area (Å²) >= 11 is 0. The van der Waals surface area contributed by atoms with Crippen LogP contribution < -0.4 is 15.8 Å². The molecule has 3 N–H and O–H groups in total. The first-order chi connectivity index (χ1) is 21.4. The molecule has 0 saturated carbocycles. The molecule has 0 unspecified atom stereocenters. The van der Waals surface area contributed by atoms with Crippen molar-refractivity contribution in [3.8, 4) is 28.8 Å². The number of ether oxygens (including phenoxy) is 1. The number of aromatic nitrogens is 4. The van der Waals surface area contributed by atoms with E-state index in [1.165, 1.54) is 30.6 Å². The number of benzene rings is 2. The number of rotatable bonds is 8. The van der Waals surface area contributed by atoms with E-state index in [1.54, 1.807) is 15.7 Å². The molecule has 0 spiro atoms. The number of nitrogen functional groups attached to an aromatic ring is 1. The summed E-state index contributed by atoms with van der Waals surface area (Å²) in [5.74, 6) is -3.77. The summed E-state index contributed by atoms with van der Waals surface area (Å²) in [5, 5.41) is 18.2. The maximum atomic E-state index is 15.6. The Balaban J connectivity index is 1.46. The van der Waals surface area contributed by atoms with Gasteiger partial charge >= 0.3 is 0 Å². The molecule has 4 aromatic rings. The molecule has 1 atom stereocenters. The molecule has 1 fully saturated rings. The number of fused-ring (bicyclic) bond motifs is 1. The van der Waals surface area contributed by atoms with Crippen molar-refractivity contribution in [2.75, 3.05) is 18.8 Å². The van der Waals surface area contributed by atoms with E-state index in [1.807, 2.05) is 27.7 Å². The minimum Gasteiger partial charge on any atom is -0.454 e. The van der Waals surface area contributed by atoms with Crippen molar-refractivity contribution in [1.29, 1.82) is 5.26 Å². The zero-order valence-electron chi connectivity index (χ0n) is 25.3. The largest absolute Gasteiger partial charge is 0.454 e. The van der Waals surface area contributed by atoms with Crippen molar-refractivity contribution < 1.29 is 22.7 Å². The van der Waals surface area contributed by atoms with Crippen LogP contribution in [0.5, 0.6) is 11.5 Å². The Morgan fingerprint density at radius 1 is 1.20 bits per heavy atom. The lowest BCUT2D eigenvalue weighted by atomic mass is 9.98. The summed E-state index contributed by atoms with van der Waals surface area (Å²) in [6.07, 6.45) is 4.21. The summed E-state index contributed by atoms with van der Waals surface area (Å²) < 4.78 is 50.3. The number of hydrogen-bond donors (Lipinski definition) is 2. The van der Waals surface area contributed by atoms with E-state index < -0.39 is 23.0 Å². The number of piperidine rings is 1. The second-order valence-corrected chi connectivity index (χ2v) is 11.8. The van der Waals surface area contributed by atoms with Crippen molar-refractivity contribution >= 4 is 22.8 Å². The highest BCUT2D eigenvalue weighted by atomic mass is 19.2. The van der Waals surface area contributed by atoms with Gasteiger partial charge in [0.1, 0.15) is 41.0 Å². The van der Waals surface area contributed by atoms with Gasteiger partial charge in [-0.15, -0.1) is 0 Å². The van der Waals surface area contributed by atoms with Crippen molar-refractivity contribution in [3.63, 3.8) is 0 Å². The first kappa shape index (κ1) is 31.5. The molecule has 5 rings (SSSR count). The minimum atomic E-state index is -1.19. The fraction of sp³-hybridized carbons (Fsp3) is 0.344. The maximum Gasteiger partial charge on any atom is 0.264 e. The van der Waals surface area contributed by atoms with E-state index in [0.29, 0.717) is 30.4 Å². The molecule has 2 aromatic heterocycles. The second kappa shape index (κ2) is 12.6. The van der Waals surface area contributed by atoms with Gasteiger partial charge in [-0.2, -0.15) is 14.8 Å². The lowest BCUT2D eigenvalue weighted by Crippen LogP contribution is -2.44. The Bertz CT molecular complexity index is 1830. The molecule has 1 aliphatic rings. The summed E-state index contributed by atoms with van der Waals surface area (Å²) in [6.45, 7) is 8.47. The third-order valence-electron chi connectivity index (χ3n) is 7.40. The quantitative estimate of drug-likeness (QED) is 0.190. The normalized spacial score (nSPS) is 15.8. The summed E-state index contributed by atoms with van der Waals surface area (Å²) in [5.41, 5.74) is 6.28. The molecule has 1 saturated heterocycles. The SMILES string of the molecule is CC(C)NC(C)(C)/C=C(/C#N)C(=O)N1CCC[C@@H](n2nc(-c3ccc(Oc4cccc(F)c4F)cc3F)c3c(N)ncnc32)C1. The number of carbonyl (C=O) groups excluding carboxylic acids is 1. The lowest BCUT2D eigenvalue weighted by Gasteiger charge is -2.33. The Kier molecular flexibility index (Phi) is 8.79. The predicted molar refractivity (Wildman–Crippen MR) is 162 cm³/mol. The topological polar surface area (TPSA) is 135 Å². The molecule has 1 aliphatic heterocycles. The van der Waals surface area contributed by atoms with E-state index in [9.17, 15) is 18.8 Å². The minimum absolute atomic E-state index is 0.0360. The van der Waals surface area contributed by atoms with Gasteiger partial charge in [0.25, 0.3) is 5.91 Å². The predicted octanol–water partition coefficient (Wildman–Crippen LogP) is 5.68. The molecular formula is C32H33F3N8O2. The molecular weight excluding hydrogens is 585 g/mol. The molecule has 0 radical (unpaired) electrons. The van der Waals surface area contributed by atoms with Crippen LogP contribution in [-0.4, -0.2) is 55.2 Å². The molecule has 2 aromatic carbocycles. The van der Waals surface area contributed by atoms with Crippen LogP contribution in [0.1, 0.15) is 46.6 Å². The zero-order valence-corrected chi connectivity index (χ0v) is 25.3. The molecule has 0 aliphatic carbocycles. The summed E-state index contributed by atoms with van der Waals surface area (Å²) in [4.78, 5) is 23.6. The van der Waals surface area contributed by atoms with Gasteiger partial charge in [-0.3, -0.25) is 4.79 Å². The van der Waals surface area contributed by atoms with Gasteiger partial charge in [-0.1, -0.05) is 19.9 Å². The van der Waals surface area contributed by atoms with Crippen LogP contribution in [-0.2, 0) is 4.79 Å². The van der Waals surface area contributed by atoms with Crippen molar-refractivity contribution in [3.05, 3.63) is 71.8 Å². The van der Waals surface area contributed by atoms with Crippen LogP contribution >= 0.6 is 0 Å². The van der Waals surface area contributed by atoms with Crippen LogP contribution in [0.3, 0.4) is 0 Å². The van der Waals surface area contributed by atoms with Crippen LogP contribution in [0.4, 0.5) is 19.0 Å². The molecule has 0 bridgehead atoms. The molecule has 3 heterocycles. The van der Waals surface area contributed by atoms with Gasteiger partial charge in [-0.05, 0) is 57.0 Å². The highest BCUT2D eigenvalue weighted by Gasteiger charge is 2.31. The van der Waals surface area contributed by atoms with Gasteiger partial charge in [0.05, 0.1) is 11.4 Å². The number of halogens is 3. The smallest absolute Gasteiger partial charge is 0.264 e. The van der Waals surface area contributed by atoms with Crippen LogP contribution in [0.2, 0.25) is 0 Å². The fourth-order valence-corrected chi connectivity index (χ4v) is 5.68. The van der Waals surface area contributed by atoms with Gasteiger partial charge in [0.15, 0.2) is 17.2 Å². The number of carbonyl (C=O) groups is 1. The van der Waals surface area contributed by atoms with Gasteiger partial charge in [0.2, 0.25) is 5.82 Å². The standard InChI is InChI=1S/C32H33F3N8O2/c1-18(2)40-32(3,4)14-19(15-36)31(44)42-12-6-7-20(16-42)43-30-26(29(37)38-17-39-30)28(41-43)22-11-10-21(13-24(22)34)45-25-9-5-8-23(33)27(25)35/h5,8-11,13-14,17-18,20,40H,6-7,12,16H2,1-4H3,(H2,37,38,39)/b19-14-/t20-/m1/s1. The van der Waals surface area contributed by atoms with Crippen molar-refractivity contribution in [1.82, 2.24) is 30.0 Å². The van der Waals surface area contributed by atoms with E-state index in [2.05, 4.69) is 21.4 Å². The Morgan fingerprint density at radius 2 is 1.98 bits per heavy atom. The van der Waals surface area contributed by atoms with Crippen molar-refractivity contribution in [2.24, 2.45) is 0 Å². The Labute approximate surface area is 258 Å². The van der Waals surface area contributed by atoms with Crippen LogP contribution in [0.25, 0.3) is 22.3 Å². The van der Waals surface area contributed by atoms with Gasteiger partial charge in [-0.25, -0.2) is 23.4 Å². The third kappa shape index (κ3) is 6.61. The highest BCUT2D eigenvalue weighted by Crippen LogP contribution is 2.37. The van der Waals surface area contributed by atoms with Gasteiger partial charge < -0.3 is 20.7 Å². The first-order valence-corrected chi connectivity index (χ1v) is 14.5. The van der Waals surface area contributed by atoms with Crippen molar-refractivity contribution in [2.45, 2.75) is 58.2 Å².